The third-order valence-corrected chi connectivity index (χ3v) is 8.96. The first-order valence-corrected chi connectivity index (χ1v) is 14.4. The predicted octanol–water partition coefficient (Wildman–Crippen LogP) is 9.73. The zero-order valence-electron chi connectivity index (χ0n) is 23.8. The van der Waals surface area contributed by atoms with Gasteiger partial charge in [0.2, 0.25) is 5.69 Å². The van der Waals surface area contributed by atoms with Crippen molar-refractivity contribution in [1.29, 1.82) is 0 Å². The van der Waals surface area contributed by atoms with Crippen molar-refractivity contribution in [2.75, 3.05) is 0 Å². The molecule has 3 heteroatoms. The Morgan fingerprint density at radius 1 is 0.789 bits per heavy atom. The number of pyridine rings is 1. The highest BCUT2D eigenvalue weighted by molar-refractivity contribution is 8.00. The minimum atomic E-state index is -0.155. The maximum absolute atomic E-state index is 15.0. The Morgan fingerprint density at radius 2 is 1.53 bits per heavy atom. The fourth-order valence-corrected chi connectivity index (χ4v) is 7.67. The van der Waals surface area contributed by atoms with E-state index in [1.165, 1.54) is 49.0 Å². The number of hydrogen-bond donors (Lipinski definition) is 0. The standard InChI is InChI=1S/C35H37FNS/c1-20-25-16-21(18-34(2,3)4)12-13-23(25)27(19-35(5,6)7)33-30(20)32-31-24(14-15-37(32)8)22-10-9-11-28(36)26(22)17-29(31)38-33/h9-17H,18-19H2,1-8H3/q+1. The van der Waals surface area contributed by atoms with Gasteiger partial charge in [0.05, 0.1) is 10.9 Å². The summed E-state index contributed by atoms with van der Waals surface area (Å²) in [5.41, 5.74) is 7.08. The maximum atomic E-state index is 15.0. The number of aromatic nitrogens is 1. The van der Waals surface area contributed by atoms with Crippen LogP contribution >= 0.6 is 11.8 Å². The van der Waals surface area contributed by atoms with Gasteiger partial charge < -0.3 is 0 Å². The monoisotopic (exact) mass is 522 g/mol. The van der Waals surface area contributed by atoms with Gasteiger partial charge in [-0.2, -0.15) is 0 Å². The number of rotatable bonds is 2. The molecule has 4 aromatic carbocycles. The quantitative estimate of drug-likeness (QED) is 0.162. The number of aryl methyl sites for hydroxylation is 2. The van der Waals surface area contributed by atoms with Crippen LogP contribution < -0.4 is 4.57 Å². The topological polar surface area (TPSA) is 3.88 Å². The molecule has 0 aliphatic carbocycles. The summed E-state index contributed by atoms with van der Waals surface area (Å²) in [6, 6.07) is 16.8. The third kappa shape index (κ3) is 4.11. The van der Waals surface area contributed by atoms with E-state index >= 15 is 4.39 Å². The number of halogens is 1. The second-order valence-corrected chi connectivity index (χ2v) is 14.6. The van der Waals surface area contributed by atoms with E-state index in [2.05, 4.69) is 103 Å². The van der Waals surface area contributed by atoms with Gasteiger partial charge in [0.25, 0.3) is 0 Å². The fourth-order valence-electron chi connectivity index (χ4n) is 6.30. The smallest absolute Gasteiger partial charge is 0.206 e. The van der Waals surface area contributed by atoms with E-state index < -0.39 is 0 Å². The molecule has 6 rings (SSSR count). The largest absolute Gasteiger partial charge is 0.222 e. The molecule has 0 atom stereocenters. The molecule has 38 heavy (non-hydrogen) atoms. The van der Waals surface area contributed by atoms with Crippen LogP contribution in [0.1, 0.15) is 58.2 Å². The van der Waals surface area contributed by atoms with E-state index in [-0.39, 0.29) is 16.6 Å². The van der Waals surface area contributed by atoms with Gasteiger partial charge in [-0.05, 0) is 75.6 Å². The first-order valence-electron chi connectivity index (χ1n) is 13.6. The third-order valence-electron chi connectivity index (χ3n) is 7.77. The average molecular weight is 523 g/mol. The lowest BCUT2D eigenvalue weighted by Crippen LogP contribution is -2.32. The molecule has 0 radical (unpaired) electrons. The summed E-state index contributed by atoms with van der Waals surface area (Å²) in [7, 11) is 2.15. The van der Waals surface area contributed by atoms with Gasteiger partial charge in [0.1, 0.15) is 12.9 Å². The molecule has 1 aliphatic rings. The highest BCUT2D eigenvalue weighted by atomic mass is 32.2. The normalized spacial score (nSPS) is 13.5. The lowest BCUT2D eigenvalue weighted by atomic mass is 9.81. The van der Waals surface area contributed by atoms with Gasteiger partial charge in [0, 0.05) is 26.6 Å². The Labute approximate surface area is 230 Å². The molecule has 0 amide bonds. The van der Waals surface area contributed by atoms with Crippen LogP contribution in [0.25, 0.3) is 43.6 Å². The SMILES string of the molecule is Cc1c2c(c(CC(C)(C)C)c3ccc(CC(C)(C)C)cc13)Sc1cc3c(F)cccc3c3cc[n+](C)c-2c13. The van der Waals surface area contributed by atoms with Gasteiger partial charge in [-0.3, -0.25) is 0 Å². The lowest BCUT2D eigenvalue weighted by Gasteiger charge is -2.28. The van der Waals surface area contributed by atoms with Crippen LogP contribution in [0.3, 0.4) is 0 Å². The van der Waals surface area contributed by atoms with Crippen LogP contribution in [0.2, 0.25) is 0 Å². The predicted molar refractivity (Wildman–Crippen MR) is 161 cm³/mol. The molecule has 0 spiro atoms. The Bertz CT molecular complexity index is 1780. The highest BCUT2D eigenvalue weighted by Gasteiger charge is 2.33. The van der Waals surface area contributed by atoms with E-state index in [9.17, 15) is 0 Å². The molecule has 0 fully saturated rings. The van der Waals surface area contributed by atoms with E-state index in [4.69, 9.17) is 0 Å². The van der Waals surface area contributed by atoms with Crippen molar-refractivity contribution in [2.24, 2.45) is 17.9 Å². The molecular formula is C35H37FNS+. The molecule has 2 heterocycles. The van der Waals surface area contributed by atoms with E-state index in [0.29, 0.717) is 5.39 Å². The first kappa shape index (κ1) is 25.4. The molecule has 0 saturated carbocycles. The molecule has 194 valence electrons. The molecule has 1 aromatic heterocycles. The van der Waals surface area contributed by atoms with Crippen molar-refractivity contribution < 1.29 is 8.96 Å². The van der Waals surface area contributed by atoms with E-state index in [1.807, 2.05) is 17.8 Å². The van der Waals surface area contributed by atoms with E-state index in [1.54, 1.807) is 6.07 Å². The minimum absolute atomic E-state index is 0.130. The zero-order valence-corrected chi connectivity index (χ0v) is 24.7. The van der Waals surface area contributed by atoms with Crippen molar-refractivity contribution in [3.63, 3.8) is 0 Å². The van der Waals surface area contributed by atoms with Gasteiger partial charge in [-0.1, -0.05) is 83.6 Å². The van der Waals surface area contributed by atoms with Crippen LogP contribution in [0.4, 0.5) is 4.39 Å². The molecular weight excluding hydrogens is 485 g/mol. The Hall–Kier alpha value is -2.91. The Kier molecular flexibility index (Phi) is 5.71. The molecule has 0 saturated heterocycles. The van der Waals surface area contributed by atoms with Crippen LogP contribution in [0.15, 0.2) is 64.5 Å². The number of fused-ring (bicyclic) bond motifs is 5. The molecule has 0 unspecified atom stereocenters. The highest BCUT2D eigenvalue weighted by Crippen LogP contribution is 2.53. The van der Waals surface area contributed by atoms with Crippen LogP contribution in [0.5, 0.6) is 0 Å². The summed E-state index contributed by atoms with van der Waals surface area (Å²) < 4.78 is 17.3. The van der Waals surface area contributed by atoms with Crippen molar-refractivity contribution in [3.8, 4) is 11.3 Å². The summed E-state index contributed by atoms with van der Waals surface area (Å²) >= 11 is 1.84. The molecule has 1 nitrogen and oxygen atoms in total. The van der Waals surface area contributed by atoms with Crippen LogP contribution in [-0.4, -0.2) is 0 Å². The molecule has 5 aromatic rings. The maximum Gasteiger partial charge on any atom is 0.222 e. The molecule has 0 bridgehead atoms. The van der Waals surface area contributed by atoms with Gasteiger partial charge >= 0.3 is 0 Å². The summed E-state index contributed by atoms with van der Waals surface area (Å²) in [6.45, 7) is 16.2. The van der Waals surface area contributed by atoms with Gasteiger partial charge in [-0.15, -0.1) is 0 Å². The average Bonchev–Trinajstić information content (AvgIpc) is 2.82. The fraction of sp³-hybridized carbons (Fsp3) is 0.343. The second-order valence-electron chi connectivity index (χ2n) is 13.5. The first-order chi connectivity index (χ1) is 17.8. The summed E-state index contributed by atoms with van der Waals surface area (Å²) in [6.07, 6.45) is 4.18. The van der Waals surface area contributed by atoms with Gasteiger partial charge in [-0.25, -0.2) is 8.96 Å². The number of benzene rings is 4. The summed E-state index contributed by atoms with van der Waals surface area (Å²) in [5, 5.41) is 6.76. The number of hydrogen-bond acceptors (Lipinski definition) is 1. The minimum Gasteiger partial charge on any atom is -0.206 e. The van der Waals surface area contributed by atoms with Crippen LogP contribution in [0, 0.1) is 23.6 Å². The Balaban J connectivity index is 1.76. The number of nitrogens with zero attached hydrogens (tertiary/aromatic N) is 1. The van der Waals surface area contributed by atoms with Crippen molar-refractivity contribution in [2.45, 2.75) is 71.1 Å². The summed E-state index contributed by atoms with van der Waals surface area (Å²) in [4.78, 5) is 2.48. The van der Waals surface area contributed by atoms with Crippen molar-refractivity contribution in [3.05, 3.63) is 77.2 Å². The molecule has 1 aliphatic heterocycles. The van der Waals surface area contributed by atoms with E-state index in [0.717, 1.165) is 28.5 Å². The summed E-state index contributed by atoms with van der Waals surface area (Å²) in [5.74, 6) is -0.155. The lowest BCUT2D eigenvalue weighted by molar-refractivity contribution is -0.659. The second kappa shape index (κ2) is 8.55. The van der Waals surface area contributed by atoms with Crippen molar-refractivity contribution >= 4 is 44.1 Å². The van der Waals surface area contributed by atoms with Crippen molar-refractivity contribution in [1.82, 2.24) is 0 Å². The zero-order chi connectivity index (χ0) is 27.1. The van der Waals surface area contributed by atoms with Gasteiger partial charge in [0.15, 0.2) is 6.20 Å². The van der Waals surface area contributed by atoms with Crippen LogP contribution in [-0.2, 0) is 19.9 Å². The Morgan fingerprint density at radius 3 is 2.24 bits per heavy atom. The molecule has 0 N–H and O–H groups in total.